The van der Waals surface area contributed by atoms with E-state index in [1.807, 2.05) is 49.4 Å². The van der Waals surface area contributed by atoms with Gasteiger partial charge in [0.15, 0.2) is 0 Å². The van der Waals surface area contributed by atoms with E-state index >= 15 is 0 Å². The van der Waals surface area contributed by atoms with Crippen molar-refractivity contribution < 1.29 is 4.79 Å². The van der Waals surface area contributed by atoms with Crippen molar-refractivity contribution in [3.05, 3.63) is 65.2 Å². The second-order valence-corrected chi connectivity index (χ2v) is 6.91. The topological polar surface area (TPSA) is 20.3 Å². The summed E-state index contributed by atoms with van der Waals surface area (Å²) in [6, 6.07) is 15.7. The lowest BCUT2D eigenvalue weighted by Gasteiger charge is -2.22. The maximum Gasteiger partial charge on any atom is 0.268 e. The van der Waals surface area contributed by atoms with Crippen molar-refractivity contribution in [3.63, 3.8) is 0 Å². The Bertz CT molecular complexity index is 658. The minimum absolute atomic E-state index is 0.0512. The first-order valence-corrected chi connectivity index (χ1v) is 7.68. The van der Waals surface area contributed by atoms with Crippen LogP contribution in [0.25, 0.3) is 0 Å². The molecule has 2 rings (SSSR count). The van der Waals surface area contributed by atoms with Gasteiger partial charge in [0.05, 0.1) is 21.8 Å². The van der Waals surface area contributed by atoms with Gasteiger partial charge in [-0.25, -0.2) is 3.93 Å². The summed E-state index contributed by atoms with van der Waals surface area (Å²) in [6.45, 7) is 8.43. The molecular weight excluding hydrogens is 326 g/mol. The largest absolute Gasteiger partial charge is 0.268 e. The van der Waals surface area contributed by atoms with Crippen LogP contribution in [0.3, 0.4) is 0 Å². The number of hydrogen-bond acceptors (Lipinski definition) is 1. The molecule has 0 N–H and O–H groups in total. The van der Waals surface area contributed by atoms with Crippen molar-refractivity contribution in [2.24, 2.45) is 0 Å². The van der Waals surface area contributed by atoms with E-state index < -0.39 is 0 Å². The van der Waals surface area contributed by atoms with Gasteiger partial charge in [0.1, 0.15) is 0 Å². The normalized spacial score (nSPS) is 11.3. The molecular formula is C18H20BrNO. The first-order valence-electron chi connectivity index (χ1n) is 6.97. The van der Waals surface area contributed by atoms with E-state index in [-0.39, 0.29) is 11.3 Å². The maximum atomic E-state index is 12.6. The zero-order valence-corrected chi connectivity index (χ0v) is 14.4. The van der Waals surface area contributed by atoms with Gasteiger partial charge in [-0.3, -0.25) is 4.79 Å². The molecule has 0 saturated heterocycles. The van der Waals surface area contributed by atoms with Crippen LogP contribution in [0.1, 0.15) is 42.3 Å². The van der Waals surface area contributed by atoms with Gasteiger partial charge in [0.2, 0.25) is 0 Å². The molecule has 0 radical (unpaired) electrons. The van der Waals surface area contributed by atoms with Crippen LogP contribution < -0.4 is 3.93 Å². The summed E-state index contributed by atoms with van der Waals surface area (Å²) in [5.41, 5.74) is 3.77. The smallest absolute Gasteiger partial charge is 0.268 e. The molecule has 0 aliphatic rings. The van der Waals surface area contributed by atoms with Crippen molar-refractivity contribution in [3.8, 4) is 0 Å². The molecule has 0 aromatic heterocycles. The number of rotatable bonds is 2. The summed E-state index contributed by atoms with van der Waals surface area (Å²) >= 11 is 3.41. The van der Waals surface area contributed by atoms with E-state index in [2.05, 4.69) is 43.0 Å². The molecule has 0 aliphatic heterocycles. The molecule has 21 heavy (non-hydrogen) atoms. The monoisotopic (exact) mass is 345 g/mol. The summed E-state index contributed by atoms with van der Waals surface area (Å²) in [5, 5.41) is 0. The Hall–Kier alpha value is -1.61. The highest BCUT2D eigenvalue weighted by Gasteiger charge is 2.19. The van der Waals surface area contributed by atoms with Crippen LogP contribution in [0.2, 0.25) is 0 Å². The van der Waals surface area contributed by atoms with Gasteiger partial charge < -0.3 is 0 Å². The molecule has 1 amide bonds. The van der Waals surface area contributed by atoms with E-state index in [4.69, 9.17) is 0 Å². The quantitative estimate of drug-likeness (QED) is 0.680. The Balaban J connectivity index is 2.34. The highest BCUT2D eigenvalue weighted by atomic mass is 79.9. The van der Waals surface area contributed by atoms with Crippen molar-refractivity contribution in [1.82, 2.24) is 0 Å². The van der Waals surface area contributed by atoms with E-state index in [9.17, 15) is 4.79 Å². The number of carbonyl (C=O) groups excluding carboxylic acids is 1. The van der Waals surface area contributed by atoms with Crippen LogP contribution in [0.15, 0.2) is 48.5 Å². The fourth-order valence-corrected chi connectivity index (χ4v) is 2.54. The van der Waals surface area contributed by atoms with Crippen LogP contribution in [0, 0.1) is 6.92 Å². The molecule has 110 valence electrons. The molecule has 2 aromatic rings. The number of halogens is 1. The van der Waals surface area contributed by atoms with Gasteiger partial charge >= 0.3 is 0 Å². The van der Waals surface area contributed by atoms with Gasteiger partial charge in [-0.05, 0) is 41.7 Å². The minimum Gasteiger partial charge on any atom is -0.268 e. The van der Waals surface area contributed by atoms with Crippen molar-refractivity contribution in [1.29, 1.82) is 0 Å². The molecule has 0 unspecified atom stereocenters. The highest BCUT2D eigenvalue weighted by molar-refractivity contribution is 9.10. The lowest BCUT2D eigenvalue weighted by Crippen LogP contribution is -2.21. The van der Waals surface area contributed by atoms with Crippen LogP contribution >= 0.6 is 16.1 Å². The summed E-state index contributed by atoms with van der Waals surface area (Å²) in [4.78, 5) is 12.6. The fourth-order valence-electron chi connectivity index (χ4n) is 2.13. The van der Waals surface area contributed by atoms with Crippen molar-refractivity contribution in [2.75, 3.05) is 3.93 Å². The zero-order chi connectivity index (χ0) is 15.6. The predicted molar refractivity (Wildman–Crippen MR) is 92.1 cm³/mol. The van der Waals surface area contributed by atoms with Crippen LogP contribution in [-0.4, -0.2) is 5.91 Å². The first kappa shape index (κ1) is 15.8. The highest BCUT2D eigenvalue weighted by Crippen LogP contribution is 2.28. The Morgan fingerprint density at radius 1 is 1.05 bits per heavy atom. The van der Waals surface area contributed by atoms with Crippen LogP contribution in [0.5, 0.6) is 0 Å². The Morgan fingerprint density at radius 2 is 1.71 bits per heavy atom. The van der Waals surface area contributed by atoms with Gasteiger partial charge in [-0.2, -0.15) is 0 Å². The molecule has 0 aliphatic carbocycles. The van der Waals surface area contributed by atoms with Gasteiger partial charge in [0, 0.05) is 5.56 Å². The van der Waals surface area contributed by atoms with E-state index in [1.54, 1.807) is 0 Å². The number of aryl methyl sites for hydroxylation is 1. The first-order chi connectivity index (χ1) is 9.80. The number of amides is 1. The van der Waals surface area contributed by atoms with Gasteiger partial charge in [0.25, 0.3) is 5.91 Å². The number of hydrogen-bond donors (Lipinski definition) is 0. The minimum atomic E-state index is -0.0563. The van der Waals surface area contributed by atoms with Crippen LogP contribution in [0.4, 0.5) is 5.69 Å². The van der Waals surface area contributed by atoms with E-state index in [0.29, 0.717) is 5.56 Å². The Morgan fingerprint density at radius 3 is 2.33 bits per heavy atom. The molecule has 0 bridgehead atoms. The standard InChI is InChI=1S/C18H20BrNO/c1-13-8-5-6-11-16(13)17(21)20(19)15-10-7-9-14(12-15)18(2,3)4/h5-12H,1-4H3. The average molecular weight is 346 g/mol. The van der Waals surface area contributed by atoms with Crippen LogP contribution in [-0.2, 0) is 5.41 Å². The number of benzene rings is 2. The average Bonchev–Trinajstić information content (AvgIpc) is 2.45. The molecule has 0 atom stereocenters. The summed E-state index contributed by atoms with van der Waals surface area (Å²) in [6.07, 6.45) is 0. The predicted octanol–water partition coefficient (Wildman–Crippen LogP) is 5.25. The fraction of sp³-hybridized carbons (Fsp3) is 0.278. The molecule has 0 spiro atoms. The maximum absolute atomic E-state index is 12.6. The number of anilines is 1. The molecule has 0 heterocycles. The lowest BCUT2D eigenvalue weighted by atomic mass is 9.87. The van der Waals surface area contributed by atoms with Gasteiger partial charge in [-0.15, -0.1) is 0 Å². The zero-order valence-electron chi connectivity index (χ0n) is 12.9. The van der Waals surface area contributed by atoms with E-state index in [1.165, 1.54) is 9.49 Å². The summed E-state index contributed by atoms with van der Waals surface area (Å²) in [7, 11) is 0. The van der Waals surface area contributed by atoms with Crippen molar-refractivity contribution in [2.45, 2.75) is 33.1 Å². The third kappa shape index (κ3) is 3.53. The number of carbonyl (C=O) groups is 1. The van der Waals surface area contributed by atoms with Crippen molar-refractivity contribution >= 4 is 27.7 Å². The molecule has 2 aromatic carbocycles. The third-order valence-corrected chi connectivity index (χ3v) is 4.22. The van der Waals surface area contributed by atoms with Gasteiger partial charge in [-0.1, -0.05) is 51.1 Å². The third-order valence-electron chi connectivity index (χ3n) is 3.49. The Kier molecular flexibility index (Phi) is 4.52. The summed E-state index contributed by atoms with van der Waals surface area (Å²) in [5.74, 6) is -0.0563. The molecule has 3 heteroatoms. The summed E-state index contributed by atoms with van der Waals surface area (Å²) < 4.78 is 1.53. The Labute approximate surface area is 135 Å². The second-order valence-electron chi connectivity index (χ2n) is 6.20. The molecule has 0 saturated carbocycles. The SMILES string of the molecule is Cc1ccccc1C(=O)N(Br)c1cccc(C(C)(C)C)c1. The van der Waals surface area contributed by atoms with E-state index in [0.717, 1.165) is 11.3 Å². The second kappa shape index (κ2) is 6.02. The molecule has 2 nitrogen and oxygen atoms in total. The lowest BCUT2D eigenvalue weighted by molar-refractivity contribution is 0.101. The number of nitrogens with zero attached hydrogens (tertiary/aromatic N) is 1. The molecule has 0 fully saturated rings.